The van der Waals surface area contributed by atoms with Crippen LogP contribution in [0.25, 0.3) is 0 Å². The molecule has 0 unspecified atom stereocenters. The van der Waals surface area contributed by atoms with Gasteiger partial charge in [0.1, 0.15) is 5.15 Å². The van der Waals surface area contributed by atoms with Crippen molar-refractivity contribution in [2.24, 2.45) is 7.05 Å². The average Bonchev–Trinajstić information content (AvgIpc) is 2.47. The Morgan fingerprint density at radius 2 is 2.00 bits per heavy atom. The Bertz CT molecular complexity index is 401. The van der Waals surface area contributed by atoms with Gasteiger partial charge in [0.2, 0.25) is 0 Å². The van der Waals surface area contributed by atoms with Crippen LogP contribution in [0.4, 0.5) is 0 Å². The lowest BCUT2D eigenvalue weighted by atomic mass is 10.1. The van der Waals surface area contributed by atoms with E-state index in [-0.39, 0.29) is 0 Å². The number of nitrogens with zero attached hydrogens (tertiary/aromatic N) is 2. The molecule has 2 nitrogen and oxygen atoms in total. The molecule has 0 aliphatic heterocycles. The van der Waals surface area contributed by atoms with Crippen molar-refractivity contribution < 1.29 is 0 Å². The first kappa shape index (κ1) is 9.28. The summed E-state index contributed by atoms with van der Waals surface area (Å²) in [6.45, 7) is 0. The molecule has 0 atom stereocenters. The van der Waals surface area contributed by atoms with Crippen molar-refractivity contribution in [1.29, 1.82) is 0 Å². The van der Waals surface area contributed by atoms with Crippen LogP contribution in [-0.4, -0.2) is 9.78 Å². The van der Waals surface area contributed by atoms with E-state index in [0.29, 0.717) is 5.15 Å². The predicted molar refractivity (Wildman–Crippen MR) is 57.5 cm³/mol. The standard InChI is InChI=1S/C11H11ClN2/c1-14-11(12)8-10(13-14)7-9-5-3-2-4-6-9/h2-6,8H,7H2,1H3. The summed E-state index contributed by atoms with van der Waals surface area (Å²) in [5, 5.41) is 4.97. The van der Waals surface area contributed by atoms with E-state index in [1.165, 1.54) is 5.56 Å². The van der Waals surface area contributed by atoms with Crippen molar-refractivity contribution in [2.75, 3.05) is 0 Å². The molecular formula is C11H11ClN2. The van der Waals surface area contributed by atoms with Crippen molar-refractivity contribution >= 4 is 11.6 Å². The summed E-state index contributed by atoms with van der Waals surface area (Å²) in [6.07, 6.45) is 0.835. The van der Waals surface area contributed by atoms with Crippen LogP contribution in [0.3, 0.4) is 0 Å². The van der Waals surface area contributed by atoms with E-state index < -0.39 is 0 Å². The van der Waals surface area contributed by atoms with Crippen LogP contribution >= 0.6 is 11.6 Å². The second-order valence-electron chi connectivity index (χ2n) is 3.24. The highest BCUT2D eigenvalue weighted by molar-refractivity contribution is 6.29. The van der Waals surface area contributed by atoms with Crippen LogP contribution in [0.15, 0.2) is 36.4 Å². The van der Waals surface area contributed by atoms with Gasteiger partial charge in [-0.2, -0.15) is 5.10 Å². The van der Waals surface area contributed by atoms with Gasteiger partial charge in [-0.1, -0.05) is 41.9 Å². The van der Waals surface area contributed by atoms with Crippen molar-refractivity contribution in [3.05, 3.63) is 52.8 Å². The molecule has 72 valence electrons. The summed E-state index contributed by atoms with van der Waals surface area (Å²) in [5.41, 5.74) is 2.26. The minimum Gasteiger partial charge on any atom is -0.257 e. The van der Waals surface area contributed by atoms with Crippen molar-refractivity contribution in [3.63, 3.8) is 0 Å². The van der Waals surface area contributed by atoms with Gasteiger partial charge < -0.3 is 0 Å². The van der Waals surface area contributed by atoms with Gasteiger partial charge in [-0.15, -0.1) is 0 Å². The topological polar surface area (TPSA) is 17.8 Å². The third-order valence-corrected chi connectivity index (χ3v) is 2.46. The zero-order valence-electron chi connectivity index (χ0n) is 7.94. The van der Waals surface area contributed by atoms with Crippen molar-refractivity contribution in [1.82, 2.24) is 9.78 Å². The van der Waals surface area contributed by atoms with E-state index >= 15 is 0 Å². The molecule has 0 aliphatic carbocycles. The van der Waals surface area contributed by atoms with Gasteiger partial charge >= 0.3 is 0 Å². The molecule has 0 aliphatic rings. The molecule has 0 fully saturated rings. The lowest BCUT2D eigenvalue weighted by Crippen LogP contribution is -1.93. The highest BCUT2D eigenvalue weighted by Crippen LogP contribution is 2.12. The molecule has 0 bridgehead atoms. The molecule has 0 saturated carbocycles. The average molecular weight is 207 g/mol. The molecule has 0 radical (unpaired) electrons. The summed E-state index contributed by atoms with van der Waals surface area (Å²) in [5.74, 6) is 0. The lowest BCUT2D eigenvalue weighted by Gasteiger charge is -1.95. The molecule has 1 aromatic carbocycles. The molecule has 2 rings (SSSR count). The normalized spacial score (nSPS) is 10.4. The zero-order valence-corrected chi connectivity index (χ0v) is 8.70. The molecule has 0 saturated heterocycles. The summed E-state index contributed by atoms with van der Waals surface area (Å²) in [6, 6.07) is 12.1. The van der Waals surface area contributed by atoms with Crippen LogP contribution < -0.4 is 0 Å². The number of aromatic nitrogens is 2. The van der Waals surface area contributed by atoms with Crippen molar-refractivity contribution in [3.8, 4) is 0 Å². The monoisotopic (exact) mass is 206 g/mol. The third kappa shape index (κ3) is 1.96. The van der Waals surface area contributed by atoms with Crippen LogP contribution in [0.2, 0.25) is 5.15 Å². The minimum atomic E-state index is 0.677. The van der Waals surface area contributed by atoms with E-state index in [4.69, 9.17) is 11.6 Å². The number of hydrogen-bond acceptors (Lipinski definition) is 1. The molecule has 0 amide bonds. The SMILES string of the molecule is Cn1nc(Cc2ccccc2)cc1Cl. The largest absolute Gasteiger partial charge is 0.257 e. The summed E-state index contributed by atoms with van der Waals surface area (Å²) in [7, 11) is 1.84. The minimum absolute atomic E-state index is 0.677. The van der Waals surface area contributed by atoms with Crippen LogP contribution in [0.1, 0.15) is 11.3 Å². The van der Waals surface area contributed by atoms with E-state index in [1.807, 2.05) is 31.3 Å². The fourth-order valence-electron chi connectivity index (χ4n) is 1.39. The van der Waals surface area contributed by atoms with Gasteiger partial charge in [-0.3, -0.25) is 4.68 Å². The maximum atomic E-state index is 5.90. The fraction of sp³-hybridized carbons (Fsp3) is 0.182. The smallest absolute Gasteiger partial charge is 0.126 e. The van der Waals surface area contributed by atoms with Crippen LogP contribution in [-0.2, 0) is 13.5 Å². The molecule has 1 heterocycles. The number of rotatable bonds is 2. The quantitative estimate of drug-likeness (QED) is 0.739. The van der Waals surface area contributed by atoms with Gasteiger partial charge in [0, 0.05) is 13.5 Å². The number of benzene rings is 1. The first-order chi connectivity index (χ1) is 6.75. The molecule has 14 heavy (non-hydrogen) atoms. The Kier molecular flexibility index (Phi) is 2.55. The molecular weight excluding hydrogens is 196 g/mol. The summed E-state index contributed by atoms with van der Waals surface area (Å²) >= 11 is 5.90. The van der Waals surface area contributed by atoms with Crippen LogP contribution in [0.5, 0.6) is 0 Å². The Morgan fingerprint density at radius 1 is 1.29 bits per heavy atom. The number of hydrogen-bond donors (Lipinski definition) is 0. The van der Waals surface area contributed by atoms with Gasteiger partial charge in [-0.05, 0) is 11.6 Å². The van der Waals surface area contributed by atoms with Gasteiger partial charge in [0.15, 0.2) is 0 Å². The number of aryl methyl sites for hydroxylation is 1. The summed E-state index contributed by atoms with van der Waals surface area (Å²) in [4.78, 5) is 0. The number of halogens is 1. The Labute approximate surface area is 88.1 Å². The first-order valence-electron chi connectivity index (χ1n) is 4.48. The second-order valence-corrected chi connectivity index (χ2v) is 3.63. The maximum Gasteiger partial charge on any atom is 0.126 e. The fourth-order valence-corrected chi connectivity index (χ4v) is 1.56. The Morgan fingerprint density at radius 3 is 2.57 bits per heavy atom. The van der Waals surface area contributed by atoms with E-state index in [1.54, 1.807) is 4.68 Å². The van der Waals surface area contributed by atoms with Gasteiger partial charge in [-0.25, -0.2) is 0 Å². The molecule has 0 N–H and O–H groups in total. The molecule has 1 aromatic heterocycles. The highest BCUT2D eigenvalue weighted by atomic mass is 35.5. The summed E-state index contributed by atoms with van der Waals surface area (Å²) < 4.78 is 1.68. The highest BCUT2D eigenvalue weighted by Gasteiger charge is 2.02. The van der Waals surface area contributed by atoms with E-state index in [2.05, 4.69) is 17.2 Å². The Balaban J connectivity index is 2.19. The predicted octanol–water partition coefficient (Wildman–Crippen LogP) is 2.66. The lowest BCUT2D eigenvalue weighted by molar-refractivity contribution is 0.750. The zero-order chi connectivity index (χ0) is 9.97. The van der Waals surface area contributed by atoms with E-state index in [9.17, 15) is 0 Å². The Hall–Kier alpha value is -1.28. The van der Waals surface area contributed by atoms with E-state index in [0.717, 1.165) is 12.1 Å². The van der Waals surface area contributed by atoms with Crippen molar-refractivity contribution in [2.45, 2.75) is 6.42 Å². The third-order valence-electron chi connectivity index (χ3n) is 2.10. The second kappa shape index (κ2) is 3.84. The van der Waals surface area contributed by atoms with Gasteiger partial charge in [0.25, 0.3) is 0 Å². The molecule has 0 spiro atoms. The van der Waals surface area contributed by atoms with Crippen LogP contribution in [0, 0.1) is 0 Å². The first-order valence-corrected chi connectivity index (χ1v) is 4.86. The van der Waals surface area contributed by atoms with Gasteiger partial charge in [0.05, 0.1) is 5.69 Å². The molecule has 2 aromatic rings. The molecule has 3 heteroatoms. The maximum absolute atomic E-state index is 5.90.